The average Bonchev–Trinajstić information content (AvgIpc) is 3.09. The second-order valence-corrected chi connectivity index (χ2v) is 7.61. The Morgan fingerprint density at radius 2 is 1.68 bits per heavy atom. The van der Waals surface area contributed by atoms with E-state index in [1.54, 1.807) is 12.1 Å². The number of anilines is 2. The highest BCUT2D eigenvalue weighted by Crippen LogP contribution is 2.22. The summed E-state index contributed by atoms with van der Waals surface area (Å²) in [5.41, 5.74) is 1.91. The molecule has 0 aliphatic carbocycles. The number of hydrogen-bond acceptors (Lipinski definition) is 4. The van der Waals surface area contributed by atoms with Crippen molar-refractivity contribution in [1.29, 1.82) is 0 Å². The lowest BCUT2D eigenvalue weighted by Crippen LogP contribution is -2.47. The molecule has 0 radical (unpaired) electrons. The van der Waals surface area contributed by atoms with Gasteiger partial charge >= 0.3 is 0 Å². The molecule has 28 heavy (non-hydrogen) atoms. The Balaban J connectivity index is 1.62. The Labute approximate surface area is 166 Å². The summed E-state index contributed by atoms with van der Waals surface area (Å²) < 4.78 is 5.11. The molecule has 2 aromatic rings. The topological polar surface area (TPSA) is 74.6 Å². The highest BCUT2D eigenvalue weighted by atomic mass is 16.3. The maximum Gasteiger partial charge on any atom is 0.287 e. The lowest BCUT2D eigenvalue weighted by molar-refractivity contribution is -0.118. The summed E-state index contributed by atoms with van der Waals surface area (Å²) in [4.78, 5) is 27.4. The molecule has 0 bridgehead atoms. The summed E-state index contributed by atoms with van der Waals surface area (Å²) >= 11 is 0. The highest BCUT2D eigenvalue weighted by Gasteiger charge is 2.25. The molecule has 0 saturated carbocycles. The number of nitrogens with one attached hydrogen (secondary N) is 2. The van der Waals surface area contributed by atoms with Crippen molar-refractivity contribution in [2.45, 2.75) is 45.6 Å². The van der Waals surface area contributed by atoms with E-state index in [0.717, 1.165) is 18.8 Å². The Bertz CT molecular complexity index is 761. The number of carbonyl (C=O) groups is 2. The first-order valence-electron chi connectivity index (χ1n) is 10.0. The predicted octanol–water partition coefficient (Wildman–Crippen LogP) is 4.05. The first kappa shape index (κ1) is 20.0. The van der Waals surface area contributed by atoms with Gasteiger partial charge in [-0.25, -0.2) is 0 Å². The van der Waals surface area contributed by atoms with Crippen LogP contribution in [-0.2, 0) is 4.79 Å². The molecule has 1 aliphatic heterocycles. The minimum Gasteiger partial charge on any atom is -0.459 e. The van der Waals surface area contributed by atoms with E-state index >= 15 is 0 Å². The molecule has 0 spiro atoms. The molecule has 1 aromatic carbocycles. The van der Waals surface area contributed by atoms with Crippen molar-refractivity contribution in [2.75, 3.05) is 23.3 Å². The molecule has 0 unspecified atom stereocenters. The third-order valence-corrected chi connectivity index (χ3v) is 5.09. The fraction of sp³-hybridized carbons (Fsp3) is 0.455. The van der Waals surface area contributed by atoms with E-state index in [4.69, 9.17) is 4.42 Å². The van der Waals surface area contributed by atoms with E-state index in [2.05, 4.69) is 15.5 Å². The van der Waals surface area contributed by atoms with Crippen LogP contribution in [0.15, 0.2) is 47.1 Å². The fourth-order valence-electron chi connectivity index (χ4n) is 3.46. The fourth-order valence-corrected chi connectivity index (χ4v) is 3.46. The Morgan fingerprint density at radius 1 is 1.00 bits per heavy atom. The zero-order valence-corrected chi connectivity index (χ0v) is 16.6. The van der Waals surface area contributed by atoms with Crippen LogP contribution in [0.4, 0.5) is 11.4 Å². The second-order valence-electron chi connectivity index (χ2n) is 7.61. The number of benzene rings is 1. The first-order valence-corrected chi connectivity index (χ1v) is 10.0. The molecule has 6 nitrogen and oxygen atoms in total. The normalized spacial score (nSPS) is 15.8. The van der Waals surface area contributed by atoms with Crippen LogP contribution in [0, 0.1) is 5.92 Å². The maximum atomic E-state index is 12.7. The molecule has 1 atom stereocenters. The minimum absolute atomic E-state index is 0.0599. The minimum atomic E-state index is -0.650. The van der Waals surface area contributed by atoms with Gasteiger partial charge in [0, 0.05) is 24.5 Å². The molecular formula is C22H29N3O3. The van der Waals surface area contributed by atoms with Crippen LogP contribution in [0.2, 0.25) is 0 Å². The Morgan fingerprint density at radius 3 is 2.25 bits per heavy atom. The summed E-state index contributed by atoms with van der Waals surface area (Å²) in [7, 11) is 0. The number of nitrogens with zero attached hydrogens (tertiary/aromatic N) is 1. The Kier molecular flexibility index (Phi) is 6.74. The molecule has 1 fully saturated rings. The SMILES string of the molecule is CC(C)[C@@H](NC(=O)c1ccco1)C(=O)Nc1ccc(N2CCCCCC2)cc1. The molecule has 150 valence electrons. The van der Waals surface area contributed by atoms with Gasteiger partial charge in [0.2, 0.25) is 5.91 Å². The van der Waals surface area contributed by atoms with Gasteiger partial charge in [0.15, 0.2) is 5.76 Å². The molecule has 3 rings (SSSR count). The van der Waals surface area contributed by atoms with Gasteiger partial charge in [-0.05, 0) is 55.2 Å². The lowest BCUT2D eigenvalue weighted by atomic mass is 10.0. The van der Waals surface area contributed by atoms with Gasteiger partial charge in [-0.15, -0.1) is 0 Å². The molecule has 6 heteroatoms. The maximum absolute atomic E-state index is 12.7. The highest BCUT2D eigenvalue weighted by molar-refractivity contribution is 6.00. The van der Waals surface area contributed by atoms with E-state index < -0.39 is 11.9 Å². The number of amides is 2. The summed E-state index contributed by atoms with van der Waals surface area (Å²) in [6, 6.07) is 10.5. The van der Waals surface area contributed by atoms with E-state index in [0.29, 0.717) is 0 Å². The van der Waals surface area contributed by atoms with Gasteiger partial charge in [0.25, 0.3) is 5.91 Å². The van der Waals surface area contributed by atoms with E-state index in [-0.39, 0.29) is 17.6 Å². The van der Waals surface area contributed by atoms with Gasteiger partial charge in [-0.1, -0.05) is 26.7 Å². The molecule has 1 saturated heterocycles. The van der Waals surface area contributed by atoms with Crippen molar-refractivity contribution in [2.24, 2.45) is 5.92 Å². The summed E-state index contributed by atoms with van der Waals surface area (Å²) in [6.07, 6.45) is 6.48. The standard InChI is InChI=1S/C22H29N3O3/c1-16(2)20(24-21(26)19-8-7-15-28-19)22(27)23-17-9-11-18(12-10-17)25-13-5-3-4-6-14-25/h7-12,15-16,20H,3-6,13-14H2,1-2H3,(H,23,27)(H,24,26)/t20-/m1/s1. The van der Waals surface area contributed by atoms with Crippen LogP contribution in [0.1, 0.15) is 50.1 Å². The third kappa shape index (κ3) is 5.15. The monoisotopic (exact) mass is 383 g/mol. The van der Waals surface area contributed by atoms with Crippen molar-refractivity contribution in [3.8, 4) is 0 Å². The predicted molar refractivity (Wildman–Crippen MR) is 111 cm³/mol. The number of hydrogen-bond donors (Lipinski definition) is 2. The van der Waals surface area contributed by atoms with Crippen LogP contribution >= 0.6 is 0 Å². The van der Waals surface area contributed by atoms with E-state index in [1.165, 1.54) is 37.6 Å². The number of carbonyl (C=O) groups excluding carboxylic acids is 2. The van der Waals surface area contributed by atoms with Crippen LogP contribution < -0.4 is 15.5 Å². The van der Waals surface area contributed by atoms with Crippen molar-refractivity contribution in [3.63, 3.8) is 0 Å². The molecule has 2 heterocycles. The smallest absolute Gasteiger partial charge is 0.287 e. The van der Waals surface area contributed by atoms with Crippen molar-refractivity contribution >= 4 is 23.2 Å². The molecule has 2 N–H and O–H groups in total. The van der Waals surface area contributed by atoms with Gasteiger partial charge in [-0.2, -0.15) is 0 Å². The largest absolute Gasteiger partial charge is 0.459 e. The molecule has 2 amide bonds. The zero-order chi connectivity index (χ0) is 19.9. The van der Waals surface area contributed by atoms with Crippen molar-refractivity contribution < 1.29 is 14.0 Å². The zero-order valence-electron chi connectivity index (χ0n) is 16.6. The second kappa shape index (κ2) is 9.44. The van der Waals surface area contributed by atoms with E-state index in [9.17, 15) is 9.59 Å². The van der Waals surface area contributed by atoms with Gasteiger partial charge in [0.05, 0.1) is 6.26 Å². The molecular weight excluding hydrogens is 354 g/mol. The van der Waals surface area contributed by atoms with Gasteiger partial charge < -0.3 is 20.0 Å². The van der Waals surface area contributed by atoms with E-state index in [1.807, 2.05) is 38.1 Å². The molecule has 1 aliphatic rings. The summed E-state index contributed by atoms with van der Waals surface area (Å²) in [5, 5.41) is 5.67. The number of furan rings is 1. The lowest BCUT2D eigenvalue weighted by Gasteiger charge is -2.23. The summed E-state index contributed by atoms with van der Waals surface area (Å²) in [5.74, 6) is -0.497. The first-order chi connectivity index (χ1) is 13.5. The average molecular weight is 383 g/mol. The van der Waals surface area contributed by atoms with Gasteiger partial charge in [0.1, 0.15) is 6.04 Å². The van der Waals surface area contributed by atoms with Crippen LogP contribution in [0.5, 0.6) is 0 Å². The van der Waals surface area contributed by atoms with Gasteiger partial charge in [-0.3, -0.25) is 9.59 Å². The Hall–Kier alpha value is -2.76. The van der Waals surface area contributed by atoms with Crippen LogP contribution in [-0.4, -0.2) is 30.9 Å². The third-order valence-electron chi connectivity index (χ3n) is 5.09. The van der Waals surface area contributed by atoms with Crippen LogP contribution in [0.3, 0.4) is 0 Å². The van der Waals surface area contributed by atoms with Crippen LogP contribution in [0.25, 0.3) is 0 Å². The van der Waals surface area contributed by atoms with Crippen molar-refractivity contribution in [3.05, 3.63) is 48.4 Å². The number of rotatable bonds is 6. The van der Waals surface area contributed by atoms with Crippen molar-refractivity contribution in [1.82, 2.24) is 5.32 Å². The molecule has 1 aromatic heterocycles. The quantitative estimate of drug-likeness (QED) is 0.789. The summed E-state index contributed by atoms with van der Waals surface area (Å²) in [6.45, 7) is 5.96.